The molecule has 0 saturated heterocycles. The van der Waals surface area contributed by atoms with Crippen LogP contribution in [0.5, 0.6) is 11.6 Å². The van der Waals surface area contributed by atoms with E-state index < -0.39 is 5.41 Å². The molecule has 1 aliphatic carbocycles. The Morgan fingerprint density at radius 3 is 1.69 bits per heavy atom. The maximum absolute atomic E-state index is 12.7. The lowest BCUT2D eigenvalue weighted by molar-refractivity contribution is -0.117. The van der Waals surface area contributed by atoms with Gasteiger partial charge in [0.05, 0.1) is 26.1 Å². The highest BCUT2D eigenvalue weighted by molar-refractivity contribution is 7.81. The molecule has 59 heavy (non-hydrogen) atoms. The number of aryl methyl sites for hydroxylation is 3. The summed E-state index contributed by atoms with van der Waals surface area (Å²) in [7, 11) is 3.15. The van der Waals surface area contributed by atoms with Crippen LogP contribution in [0.3, 0.4) is 0 Å². The monoisotopic (exact) mass is 842 g/mol. The number of ketones is 3. The fourth-order valence-corrected chi connectivity index (χ4v) is 7.75. The fraction of sp³-hybridized carbons (Fsp3) is 0.245. The maximum atomic E-state index is 12.7. The van der Waals surface area contributed by atoms with Gasteiger partial charge in [0.1, 0.15) is 28.9 Å². The SMILES string of the molecule is COc1cc(C)nc(CC(=O)CS)n1.COc1ccc(-c2ccccc2)cc1CC(=O)CS.O=C(CS)CC1(c2ccccc2)c2ccccc2CCc2ccccc21. The van der Waals surface area contributed by atoms with Crippen molar-refractivity contribution in [3.8, 4) is 22.8 Å². The van der Waals surface area contributed by atoms with Gasteiger partial charge in [0.25, 0.3) is 0 Å². The summed E-state index contributed by atoms with van der Waals surface area (Å²) >= 11 is 12.2. The van der Waals surface area contributed by atoms with E-state index in [1.807, 2.05) is 61.5 Å². The number of fused-ring (bicyclic) bond motifs is 2. The van der Waals surface area contributed by atoms with Crippen LogP contribution in [0.25, 0.3) is 11.1 Å². The van der Waals surface area contributed by atoms with Gasteiger partial charge in [-0.1, -0.05) is 115 Å². The molecule has 0 amide bonds. The van der Waals surface area contributed by atoms with E-state index in [0.717, 1.165) is 41.0 Å². The van der Waals surface area contributed by atoms with Gasteiger partial charge in [-0.05, 0) is 70.8 Å². The topological polar surface area (TPSA) is 95.4 Å². The molecule has 0 aliphatic heterocycles. The molecule has 0 radical (unpaired) electrons. The third-order valence-corrected chi connectivity index (χ3v) is 11.2. The van der Waals surface area contributed by atoms with Crippen molar-refractivity contribution in [2.45, 2.75) is 44.4 Å². The van der Waals surface area contributed by atoms with E-state index in [0.29, 0.717) is 24.5 Å². The smallest absolute Gasteiger partial charge is 0.216 e. The van der Waals surface area contributed by atoms with E-state index in [4.69, 9.17) is 9.47 Å². The lowest BCUT2D eigenvalue weighted by atomic mass is 9.65. The number of hydrogen-bond donors (Lipinski definition) is 3. The highest BCUT2D eigenvalue weighted by Crippen LogP contribution is 2.47. The molecule has 0 fully saturated rings. The summed E-state index contributed by atoms with van der Waals surface area (Å²) in [4.78, 5) is 43.5. The van der Waals surface area contributed by atoms with Crippen LogP contribution in [-0.2, 0) is 45.5 Å². The average molecular weight is 843 g/mol. The van der Waals surface area contributed by atoms with Gasteiger partial charge in [-0.2, -0.15) is 42.9 Å². The molecule has 304 valence electrons. The molecule has 0 N–H and O–H groups in total. The molecule has 10 heteroatoms. The zero-order valence-electron chi connectivity index (χ0n) is 33.6. The van der Waals surface area contributed by atoms with Crippen LogP contribution in [0.15, 0.2) is 133 Å². The molecule has 1 heterocycles. The van der Waals surface area contributed by atoms with Gasteiger partial charge in [-0.3, -0.25) is 14.4 Å². The summed E-state index contributed by atoms with van der Waals surface area (Å²) in [5, 5.41) is 0. The van der Waals surface area contributed by atoms with Crippen molar-refractivity contribution in [1.29, 1.82) is 0 Å². The number of methoxy groups -OCH3 is 2. The van der Waals surface area contributed by atoms with Gasteiger partial charge in [0, 0.05) is 47.4 Å². The van der Waals surface area contributed by atoms with Crippen molar-refractivity contribution in [3.63, 3.8) is 0 Å². The molecule has 0 spiro atoms. The second kappa shape index (κ2) is 22.3. The molecule has 7 nitrogen and oxygen atoms in total. The summed E-state index contributed by atoms with van der Waals surface area (Å²) in [6.07, 6.45) is 3.00. The summed E-state index contributed by atoms with van der Waals surface area (Å²) in [5.41, 5.74) is 9.81. The van der Waals surface area contributed by atoms with Crippen molar-refractivity contribution in [2.24, 2.45) is 0 Å². The minimum Gasteiger partial charge on any atom is -0.496 e. The average Bonchev–Trinajstić information content (AvgIpc) is 3.42. The number of benzene rings is 5. The van der Waals surface area contributed by atoms with Crippen molar-refractivity contribution in [3.05, 3.63) is 178 Å². The Hall–Kier alpha value is -5.16. The Balaban J connectivity index is 0.000000177. The van der Waals surface area contributed by atoms with Crippen molar-refractivity contribution in [1.82, 2.24) is 9.97 Å². The van der Waals surface area contributed by atoms with E-state index in [-0.39, 0.29) is 41.0 Å². The van der Waals surface area contributed by atoms with Gasteiger partial charge < -0.3 is 9.47 Å². The summed E-state index contributed by atoms with van der Waals surface area (Å²) in [6.45, 7) is 1.83. The zero-order chi connectivity index (χ0) is 42.2. The molecule has 1 aromatic heterocycles. The van der Waals surface area contributed by atoms with Gasteiger partial charge in [-0.15, -0.1) is 0 Å². The fourth-order valence-electron chi connectivity index (χ4n) is 7.41. The molecule has 6 aromatic rings. The predicted octanol–water partition coefficient (Wildman–Crippen LogP) is 9.25. The van der Waals surface area contributed by atoms with E-state index in [9.17, 15) is 14.4 Å². The Morgan fingerprint density at radius 2 is 1.14 bits per heavy atom. The number of carbonyl (C=O) groups excluding carboxylic acids is 3. The van der Waals surface area contributed by atoms with E-state index in [2.05, 4.69) is 121 Å². The number of hydrogen-bond acceptors (Lipinski definition) is 10. The zero-order valence-corrected chi connectivity index (χ0v) is 36.3. The number of thiol groups is 3. The van der Waals surface area contributed by atoms with Gasteiger partial charge in [0.2, 0.25) is 5.88 Å². The Labute approximate surface area is 364 Å². The molecule has 5 aromatic carbocycles. The first-order valence-corrected chi connectivity index (χ1v) is 21.3. The van der Waals surface area contributed by atoms with Crippen molar-refractivity contribution >= 4 is 55.2 Å². The molecular weight excluding hydrogens is 793 g/mol. The Morgan fingerprint density at radius 1 is 0.593 bits per heavy atom. The molecule has 7 rings (SSSR count). The lowest BCUT2D eigenvalue weighted by Gasteiger charge is -2.37. The second-order valence-electron chi connectivity index (χ2n) is 14.1. The van der Waals surface area contributed by atoms with E-state index >= 15 is 0 Å². The summed E-state index contributed by atoms with van der Waals surface area (Å²) < 4.78 is 10.3. The number of Topliss-reactive ketones (excluding diaryl/α,β-unsaturated/α-hetero) is 3. The van der Waals surface area contributed by atoms with Crippen molar-refractivity contribution in [2.75, 3.05) is 31.5 Å². The molecule has 1 aliphatic rings. The summed E-state index contributed by atoms with van der Waals surface area (Å²) in [6, 6.07) is 45.4. The van der Waals surface area contributed by atoms with E-state index in [1.165, 1.54) is 34.9 Å². The normalized spacial score (nSPS) is 12.2. The number of rotatable bonds is 13. The summed E-state index contributed by atoms with van der Waals surface area (Å²) in [5.74, 6) is 2.70. The highest BCUT2D eigenvalue weighted by Gasteiger charge is 2.42. The van der Waals surface area contributed by atoms with Crippen LogP contribution in [0.4, 0.5) is 0 Å². The van der Waals surface area contributed by atoms with Crippen LogP contribution in [0, 0.1) is 6.92 Å². The van der Waals surface area contributed by atoms with Crippen LogP contribution in [0.1, 0.15) is 51.3 Å². The lowest BCUT2D eigenvalue weighted by Crippen LogP contribution is -2.34. The Bertz CT molecular complexity index is 2290. The number of aromatic nitrogens is 2. The number of ether oxygens (including phenoxy) is 2. The largest absolute Gasteiger partial charge is 0.496 e. The van der Waals surface area contributed by atoms with Crippen LogP contribution in [0.2, 0.25) is 0 Å². The molecule has 0 bridgehead atoms. The third kappa shape index (κ3) is 11.7. The molecular formula is C49H50N2O5S3. The quantitative estimate of drug-likeness (QED) is 0.0999. The minimum atomic E-state index is -0.454. The van der Waals surface area contributed by atoms with Crippen LogP contribution >= 0.6 is 37.9 Å². The number of nitrogens with zero attached hydrogens (tertiary/aromatic N) is 2. The highest BCUT2D eigenvalue weighted by atomic mass is 32.1. The first kappa shape index (κ1) is 44.9. The molecule has 0 saturated carbocycles. The predicted molar refractivity (Wildman–Crippen MR) is 247 cm³/mol. The van der Waals surface area contributed by atoms with Gasteiger partial charge in [-0.25, -0.2) is 4.98 Å². The van der Waals surface area contributed by atoms with Crippen molar-refractivity contribution < 1.29 is 23.9 Å². The van der Waals surface area contributed by atoms with Crippen LogP contribution in [-0.4, -0.2) is 58.8 Å². The van der Waals surface area contributed by atoms with Gasteiger partial charge in [0.15, 0.2) is 0 Å². The third-order valence-electron chi connectivity index (χ3n) is 10.1. The van der Waals surface area contributed by atoms with E-state index in [1.54, 1.807) is 13.2 Å². The van der Waals surface area contributed by atoms with Crippen LogP contribution < -0.4 is 9.47 Å². The molecule has 0 unspecified atom stereocenters. The Kier molecular flexibility index (Phi) is 17.0. The first-order valence-electron chi connectivity index (χ1n) is 19.4. The number of carbonyl (C=O) groups is 3. The second-order valence-corrected chi connectivity index (χ2v) is 15.0. The molecule has 0 atom stereocenters. The first-order chi connectivity index (χ1) is 28.6. The maximum Gasteiger partial charge on any atom is 0.216 e. The standard InChI is InChI=1S/C24H22OS.C16H16O2S.C9H12N2O2S/c25-21(17-26)16-24(20-10-2-1-3-11-20)22-12-6-4-8-18(22)14-15-19-9-5-7-13-23(19)24;1-18-16-8-7-13(12-5-3-2-4-6-12)9-14(16)10-15(17)11-19;1-6-3-9(13-2)11-8(10-6)4-7(12)5-14/h1-13,26H,14-17H2;2-9,19H,10-11H2,1H3;3,14H,4-5H2,1-2H3. The van der Waals surface area contributed by atoms with Gasteiger partial charge >= 0.3 is 0 Å². The minimum absolute atomic E-state index is 0.000913.